The van der Waals surface area contributed by atoms with E-state index in [4.69, 9.17) is 0 Å². The summed E-state index contributed by atoms with van der Waals surface area (Å²) in [6, 6.07) is 0. The first-order valence-electron chi connectivity index (χ1n) is 9.18. The maximum atomic E-state index is 12.5. The predicted octanol–water partition coefficient (Wildman–Crippen LogP) is 1.55. The number of hydrogen-bond donors (Lipinski definition) is 3. The Bertz CT molecular complexity index is 584. The lowest BCUT2D eigenvalue weighted by Gasteiger charge is -2.20. The van der Waals surface area contributed by atoms with Gasteiger partial charge in [-0.2, -0.15) is 15.0 Å². The van der Waals surface area contributed by atoms with Crippen molar-refractivity contribution in [1.82, 2.24) is 25.4 Å². The fourth-order valence-corrected chi connectivity index (χ4v) is 2.33. The molecule has 2 amide bonds. The third-order valence-electron chi connectivity index (χ3n) is 3.91. The molecule has 1 aromatic heterocycles. The highest BCUT2D eigenvalue weighted by Gasteiger charge is 2.21. The zero-order chi connectivity index (χ0) is 20.4. The van der Waals surface area contributed by atoms with Gasteiger partial charge in [-0.1, -0.05) is 40.0 Å². The molecule has 1 atom stereocenters. The molecule has 0 spiro atoms. The average molecular weight is 381 g/mol. The van der Waals surface area contributed by atoms with Crippen molar-refractivity contribution in [3.05, 3.63) is 5.82 Å². The van der Waals surface area contributed by atoms with Crippen molar-refractivity contribution in [3.63, 3.8) is 0 Å². The molecule has 152 valence electrons. The van der Waals surface area contributed by atoms with Crippen LogP contribution in [0.1, 0.15) is 58.2 Å². The van der Waals surface area contributed by atoms with Crippen molar-refractivity contribution < 1.29 is 14.8 Å². The largest absolute Gasteiger partial charge is 0.347 e. The van der Waals surface area contributed by atoms with E-state index in [0.717, 1.165) is 19.3 Å². The van der Waals surface area contributed by atoms with Gasteiger partial charge in [0.1, 0.15) is 5.82 Å². The third-order valence-corrected chi connectivity index (χ3v) is 3.91. The summed E-state index contributed by atoms with van der Waals surface area (Å²) in [6.45, 7) is 5.93. The van der Waals surface area contributed by atoms with Crippen molar-refractivity contribution >= 4 is 24.2 Å². The van der Waals surface area contributed by atoms with Gasteiger partial charge in [-0.15, -0.1) is 0 Å². The van der Waals surface area contributed by atoms with Crippen LogP contribution in [0.3, 0.4) is 0 Å². The molecule has 0 saturated heterocycles. The summed E-state index contributed by atoms with van der Waals surface area (Å²) in [5.41, 5.74) is 5.29. The Morgan fingerprint density at radius 2 is 1.93 bits per heavy atom. The maximum absolute atomic E-state index is 12.5. The van der Waals surface area contributed by atoms with E-state index in [-0.39, 0.29) is 30.7 Å². The molecule has 0 aliphatic rings. The Labute approximate surface area is 160 Å². The SMILES string of the molecule is CCCCCC(CN(O)C=O)C(=O)NNc1nc(C(C)C)nc(N(C)C)n1. The van der Waals surface area contributed by atoms with Gasteiger partial charge in [0.15, 0.2) is 0 Å². The lowest BCUT2D eigenvalue weighted by atomic mass is 10.0. The smallest absolute Gasteiger partial charge is 0.246 e. The number of hydrogen-bond acceptors (Lipinski definition) is 8. The summed E-state index contributed by atoms with van der Waals surface area (Å²) in [6.07, 6.45) is 3.66. The van der Waals surface area contributed by atoms with E-state index in [1.807, 2.05) is 27.9 Å². The third kappa shape index (κ3) is 7.73. The van der Waals surface area contributed by atoms with E-state index in [1.54, 1.807) is 4.90 Å². The number of nitrogens with one attached hydrogen (secondary N) is 2. The number of hydrazine groups is 1. The van der Waals surface area contributed by atoms with E-state index >= 15 is 0 Å². The van der Waals surface area contributed by atoms with E-state index in [0.29, 0.717) is 23.3 Å². The molecule has 0 saturated carbocycles. The van der Waals surface area contributed by atoms with E-state index in [2.05, 4.69) is 32.7 Å². The first-order chi connectivity index (χ1) is 12.8. The van der Waals surface area contributed by atoms with Crippen molar-refractivity contribution in [3.8, 4) is 0 Å². The lowest BCUT2D eigenvalue weighted by molar-refractivity contribution is -0.154. The summed E-state index contributed by atoms with van der Waals surface area (Å²) in [5.74, 6) is 0.526. The second-order valence-electron chi connectivity index (χ2n) is 6.90. The topological polar surface area (TPSA) is 124 Å². The van der Waals surface area contributed by atoms with Gasteiger partial charge < -0.3 is 4.90 Å². The number of aromatic nitrogens is 3. The summed E-state index contributed by atoms with van der Waals surface area (Å²) in [7, 11) is 3.64. The van der Waals surface area contributed by atoms with Gasteiger partial charge >= 0.3 is 0 Å². The van der Waals surface area contributed by atoms with E-state index in [1.165, 1.54) is 0 Å². The average Bonchev–Trinajstić information content (AvgIpc) is 2.64. The Kier molecular flexibility index (Phi) is 9.41. The second-order valence-corrected chi connectivity index (χ2v) is 6.90. The molecule has 3 N–H and O–H groups in total. The molecule has 10 nitrogen and oxygen atoms in total. The van der Waals surface area contributed by atoms with Crippen LogP contribution in [0.2, 0.25) is 0 Å². The molecule has 1 aromatic rings. The second kappa shape index (κ2) is 11.3. The molecule has 1 heterocycles. The number of hydroxylamine groups is 2. The van der Waals surface area contributed by atoms with Gasteiger partial charge in [0.2, 0.25) is 24.2 Å². The van der Waals surface area contributed by atoms with Crippen LogP contribution in [0.5, 0.6) is 0 Å². The van der Waals surface area contributed by atoms with Crippen LogP contribution >= 0.6 is 0 Å². The van der Waals surface area contributed by atoms with Crippen LogP contribution in [0.25, 0.3) is 0 Å². The van der Waals surface area contributed by atoms with Gasteiger partial charge in [0.25, 0.3) is 0 Å². The normalized spacial score (nSPS) is 11.8. The predicted molar refractivity (Wildman–Crippen MR) is 102 cm³/mol. The molecule has 1 rings (SSSR count). The van der Waals surface area contributed by atoms with Gasteiger partial charge in [-0.05, 0) is 6.42 Å². The maximum Gasteiger partial charge on any atom is 0.246 e. The number of anilines is 2. The number of rotatable bonds is 12. The molecule has 0 bridgehead atoms. The highest BCUT2D eigenvalue weighted by molar-refractivity contribution is 5.80. The highest BCUT2D eigenvalue weighted by Crippen LogP contribution is 2.15. The monoisotopic (exact) mass is 381 g/mol. The lowest BCUT2D eigenvalue weighted by Crippen LogP contribution is -2.40. The minimum atomic E-state index is -0.543. The first kappa shape index (κ1) is 22.6. The molecule has 27 heavy (non-hydrogen) atoms. The molecular weight excluding hydrogens is 350 g/mol. The van der Waals surface area contributed by atoms with Gasteiger partial charge in [-0.25, -0.2) is 5.06 Å². The minimum absolute atomic E-state index is 0.0713. The zero-order valence-corrected chi connectivity index (χ0v) is 16.8. The van der Waals surface area contributed by atoms with Crippen LogP contribution < -0.4 is 15.8 Å². The first-order valence-corrected chi connectivity index (χ1v) is 9.18. The molecular formula is C17H31N7O3. The van der Waals surface area contributed by atoms with Crippen molar-refractivity contribution in [2.45, 2.75) is 52.4 Å². The number of carbonyl (C=O) groups excluding carboxylic acids is 2. The highest BCUT2D eigenvalue weighted by atomic mass is 16.5. The fraction of sp³-hybridized carbons (Fsp3) is 0.706. The van der Waals surface area contributed by atoms with Gasteiger partial charge in [-0.3, -0.25) is 25.6 Å². The summed E-state index contributed by atoms with van der Waals surface area (Å²) < 4.78 is 0. The number of nitrogens with zero attached hydrogens (tertiary/aromatic N) is 5. The summed E-state index contributed by atoms with van der Waals surface area (Å²) >= 11 is 0. The van der Waals surface area contributed by atoms with E-state index < -0.39 is 5.92 Å². The van der Waals surface area contributed by atoms with Crippen molar-refractivity contribution in [1.29, 1.82) is 0 Å². The Morgan fingerprint density at radius 3 is 2.48 bits per heavy atom. The number of carbonyl (C=O) groups is 2. The number of unbranched alkanes of at least 4 members (excludes halogenated alkanes) is 2. The molecule has 0 aromatic carbocycles. The van der Waals surface area contributed by atoms with Gasteiger partial charge in [0, 0.05) is 20.0 Å². The molecule has 0 radical (unpaired) electrons. The minimum Gasteiger partial charge on any atom is -0.347 e. The van der Waals surface area contributed by atoms with Gasteiger partial charge in [0.05, 0.1) is 12.5 Å². The quantitative estimate of drug-likeness (QED) is 0.216. The van der Waals surface area contributed by atoms with Crippen LogP contribution in [0.4, 0.5) is 11.9 Å². The molecule has 1 unspecified atom stereocenters. The van der Waals surface area contributed by atoms with Crippen LogP contribution in [0, 0.1) is 5.92 Å². The molecule has 0 fully saturated rings. The summed E-state index contributed by atoms with van der Waals surface area (Å²) in [4.78, 5) is 37.9. The van der Waals surface area contributed by atoms with Crippen molar-refractivity contribution in [2.75, 3.05) is 31.0 Å². The Hall–Kier alpha value is -2.49. The molecule has 0 aliphatic heterocycles. The number of amides is 2. The summed E-state index contributed by atoms with van der Waals surface area (Å²) in [5, 5.41) is 9.93. The Morgan fingerprint density at radius 1 is 1.22 bits per heavy atom. The molecule has 10 heteroatoms. The molecule has 0 aliphatic carbocycles. The van der Waals surface area contributed by atoms with Crippen LogP contribution in [-0.4, -0.2) is 58.2 Å². The standard InChI is InChI=1S/C17H31N7O3/c1-6-7-8-9-13(10-24(27)11-25)15(26)21-22-16-18-14(12(2)3)19-17(20-16)23(4)5/h11-13,27H,6-10H2,1-5H3,(H,21,26)(H,18,19,20,22). The Balaban J connectivity index is 2.82. The zero-order valence-electron chi connectivity index (χ0n) is 16.8. The van der Waals surface area contributed by atoms with Crippen LogP contribution in [-0.2, 0) is 9.59 Å². The van der Waals surface area contributed by atoms with Crippen molar-refractivity contribution in [2.24, 2.45) is 5.92 Å². The van der Waals surface area contributed by atoms with Crippen LogP contribution in [0.15, 0.2) is 0 Å². The van der Waals surface area contributed by atoms with E-state index in [9.17, 15) is 14.8 Å². The fourth-order valence-electron chi connectivity index (χ4n) is 2.33.